The number of amides is 1. The van der Waals surface area contributed by atoms with Crippen LogP contribution in [0, 0.1) is 6.92 Å². The van der Waals surface area contributed by atoms with Crippen LogP contribution in [0.5, 0.6) is 0 Å². The normalized spacial score (nSPS) is 11.1. The summed E-state index contributed by atoms with van der Waals surface area (Å²) in [6, 6.07) is 9.61. The zero-order chi connectivity index (χ0) is 14.7. The van der Waals surface area contributed by atoms with Crippen LogP contribution in [0.2, 0.25) is 0 Å². The first kappa shape index (κ1) is 13.7. The lowest BCUT2D eigenvalue weighted by atomic mass is 10.3. The molecule has 21 heavy (non-hydrogen) atoms. The van der Waals surface area contributed by atoms with E-state index in [9.17, 15) is 4.79 Å². The highest BCUT2D eigenvalue weighted by Gasteiger charge is 2.11. The van der Waals surface area contributed by atoms with E-state index in [0.717, 1.165) is 15.4 Å². The molecule has 0 aliphatic heterocycles. The summed E-state index contributed by atoms with van der Waals surface area (Å²) in [6.07, 6.45) is 1.61. The van der Waals surface area contributed by atoms with E-state index in [4.69, 9.17) is 0 Å². The van der Waals surface area contributed by atoms with Gasteiger partial charge in [0.15, 0.2) is 5.69 Å². The van der Waals surface area contributed by atoms with Gasteiger partial charge in [0.1, 0.15) is 0 Å². The molecule has 106 valence electrons. The van der Waals surface area contributed by atoms with E-state index in [1.54, 1.807) is 35.0 Å². The number of hydrogen-bond acceptors (Lipinski definition) is 5. The van der Waals surface area contributed by atoms with Crippen molar-refractivity contribution < 1.29 is 4.79 Å². The number of thiophene rings is 2. The molecule has 5 nitrogen and oxygen atoms in total. The molecule has 0 saturated heterocycles. The molecule has 2 N–H and O–H groups in total. The number of aryl methyl sites for hydroxylation is 1. The van der Waals surface area contributed by atoms with Crippen molar-refractivity contribution in [2.75, 3.05) is 0 Å². The number of H-pyrrole nitrogens is 1. The molecule has 0 aliphatic carbocycles. The second-order valence-electron chi connectivity index (χ2n) is 4.29. The number of carbonyl (C=O) groups is 1. The van der Waals surface area contributed by atoms with Crippen LogP contribution in [0.3, 0.4) is 0 Å². The fourth-order valence-corrected chi connectivity index (χ4v) is 3.14. The predicted molar refractivity (Wildman–Crippen MR) is 86.0 cm³/mol. The Balaban J connectivity index is 1.67. The maximum Gasteiger partial charge on any atom is 0.291 e. The molecule has 0 radical (unpaired) electrons. The van der Waals surface area contributed by atoms with Gasteiger partial charge >= 0.3 is 0 Å². The Kier molecular flexibility index (Phi) is 3.94. The van der Waals surface area contributed by atoms with E-state index < -0.39 is 0 Å². The predicted octanol–water partition coefficient (Wildman–Crippen LogP) is 3.27. The van der Waals surface area contributed by atoms with E-state index in [-0.39, 0.29) is 5.91 Å². The van der Waals surface area contributed by atoms with Gasteiger partial charge in [-0.3, -0.25) is 9.89 Å². The Hall–Kier alpha value is -2.25. The van der Waals surface area contributed by atoms with Gasteiger partial charge < -0.3 is 0 Å². The van der Waals surface area contributed by atoms with Gasteiger partial charge in [-0.25, -0.2) is 5.43 Å². The summed E-state index contributed by atoms with van der Waals surface area (Å²) in [4.78, 5) is 15.2. The zero-order valence-electron chi connectivity index (χ0n) is 11.2. The number of hydrazone groups is 1. The first-order valence-corrected chi connectivity index (χ1v) is 7.91. The lowest BCUT2D eigenvalue weighted by molar-refractivity contribution is 0.0950. The number of nitrogens with one attached hydrogen (secondary N) is 2. The molecule has 0 bridgehead atoms. The Morgan fingerprint density at radius 1 is 1.43 bits per heavy atom. The average Bonchev–Trinajstić information content (AvgIpc) is 3.19. The second kappa shape index (κ2) is 6.02. The number of nitrogens with zero attached hydrogens (tertiary/aromatic N) is 2. The summed E-state index contributed by atoms with van der Waals surface area (Å²) in [5, 5.41) is 12.7. The molecule has 3 aromatic heterocycles. The maximum absolute atomic E-state index is 11.9. The average molecular weight is 316 g/mol. The molecule has 3 heterocycles. The summed E-state index contributed by atoms with van der Waals surface area (Å²) in [7, 11) is 0. The standard InChI is InChI=1S/C14H12N4OS2/c1-9-4-5-13(21-9)11-7-12(17-16-11)14(19)18-15-8-10-3-2-6-20-10/h2-8H,1H3,(H,16,17)(H,18,19)/b15-8-. The number of rotatable bonds is 4. The minimum absolute atomic E-state index is 0.319. The molecule has 0 unspecified atom stereocenters. The van der Waals surface area contributed by atoms with E-state index in [1.165, 1.54) is 4.88 Å². The molecule has 0 spiro atoms. The summed E-state index contributed by atoms with van der Waals surface area (Å²) >= 11 is 3.20. The molecular weight excluding hydrogens is 304 g/mol. The number of carbonyl (C=O) groups excluding carboxylic acids is 1. The van der Waals surface area contributed by atoms with Crippen LogP contribution in [0.1, 0.15) is 20.2 Å². The SMILES string of the molecule is Cc1ccc(-c2cc(C(=O)N/N=C\c3cccs3)n[nH]2)s1. The van der Waals surface area contributed by atoms with Crippen LogP contribution in [0.4, 0.5) is 0 Å². The van der Waals surface area contributed by atoms with Gasteiger partial charge in [-0.2, -0.15) is 10.2 Å². The van der Waals surface area contributed by atoms with Crippen molar-refractivity contribution in [3.63, 3.8) is 0 Å². The van der Waals surface area contributed by atoms with E-state index >= 15 is 0 Å². The molecule has 3 aromatic rings. The van der Waals surface area contributed by atoms with Crippen molar-refractivity contribution in [2.24, 2.45) is 5.10 Å². The Bertz CT molecular complexity index is 771. The highest BCUT2D eigenvalue weighted by atomic mass is 32.1. The van der Waals surface area contributed by atoms with Gasteiger partial charge in [-0.05, 0) is 36.6 Å². The van der Waals surface area contributed by atoms with E-state index in [1.807, 2.05) is 36.6 Å². The minimum atomic E-state index is -0.335. The molecule has 7 heteroatoms. The number of hydrogen-bond donors (Lipinski definition) is 2. The Labute approximate surface area is 129 Å². The Morgan fingerprint density at radius 3 is 3.05 bits per heavy atom. The molecule has 0 saturated carbocycles. The third-order valence-corrected chi connectivity index (χ3v) is 4.56. The van der Waals surface area contributed by atoms with Gasteiger partial charge in [0.2, 0.25) is 0 Å². The van der Waals surface area contributed by atoms with Crippen LogP contribution >= 0.6 is 22.7 Å². The largest absolute Gasteiger partial charge is 0.291 e. The van der Waals surface area contributed by atoms with Crippen LogP contribution in [0.25, 0.3) is 10.6 Å². The zero-order valence-corrected chi connectivity index (χ0v) is 12.8. The van der Waals surface area contributed by atoms with E-state index in [0.29, 0.717) is 5.69 Å². The van der Waals surface area contributed by atoms with Crippen molar-refractivity contribution in [2.45, 2.75) is 6.92 Å². The summed E-state index contributed by atoms with van der Waals surface area (Å²) in [6.45, 7) is 2.04. The fourth-order valence-electron chi connectivity index (χ4n) is 1.72. The van der Waals surface area contributed by atoms with Gasteiger partial charge in [0.05, 0.1) is 16.8 Å². The van der Waals surface area contributed by atoms with Crippen molar-refractivity contribution in [3.05, 3.63) is 51.2 Å². The van der Waals surface area contributed by atoms with Crippen LogP contribution in [-0.2, 0) is 0 Å². The van der Waals surface area contributed by atoms with Crippen LogP contribution < -0.4 is 5.43 Å². The van der Waals surface area contributed by atoms with Gasteiger partial charge in [-0.15, -0.1) is 22.7 Å². The molecule has 0 fully saturated rings. The number of aromatic amines is 1. The summed E-state index contributed by atoms with van der Waals surface area (Å²) < 4.78 is 0. The lowest BCUT2D eigenvalue weighted by Gasteiger charge is -1.93. The topological polar surface area (TPSA) is 70.1 Å². The second-order valence-corrected chi connectivity index (χ2v) is 6.56. The molecule has 0 atom stereocenters. The van der Waals surface area contributed by atoms with Crippen molar-refractivity contribution in [1.82, 2.24) is 15.6 Å². The van der Waals surface area contributed by atoms with Crippen molar-refractivity contribution in [3.8, 4) is 10.6 Å². The monoisotopic (exact) mass is 316 g/mol. The summed E-state index contributed by atoms with van der Waals surface area (Å²) in [5.74, 6) is -0.335. The maximum atomic E-state index is 11.9. The first-order chi connectivity index (χ1) is 10.2. The lowest BCUT2D eigenvalue weighted by Crippen LogP contribution is -2.17. The van der Waals surface area contributed by atoms with E-state index in [2.05, 4.69) is 20.7 Å². The molecule has 0 aromatic carbocycles. The molecular formula is C14H12N4OS2. The van der Waals surface area contributed by atoms with Crippen LogP contribution in [-0.4, -0.2) is 22.3 Å². The number of aromatic nitrogens is 2. The highest BCUT2D eigenvalue weighted by Crippen LogP contribution is 2.26. The van der Waals surface area contributed by atoms with Gasteiger partial charge in [-0.1, -0.05) is 6.07 Å². The molecule has 1 amide bonds. The Morgan fingerprint density at radius 2 is 2.33 bits per heavy atom. The smallest absolute Gasteiger partial charge is 0.276 e. The van der Waals surface area contributed by atoms with Gasteiger partial charge in [0.25, 0.3) is 5.91 Å². The third-order valence-electron chi connectivity index (χ3n) is 2.72. The molecule has 3 rings (SSSR count). The fraction of sp³-hybridized carbons (Fsp3) is 0.0714. The van der Waals surface area contributed by atoms with Crippen molar-refractivity contribution >= 4 is 34.8 Å². The summed E-state index contributed by atoms with van der Waals surface area (Å²) in [5.41, 5.74) is 3.62. The van der Waals surface area contributed by atoms with Crippen molar-refractivity contribution in [1.29, 1.82) is 0 Å². The first-order valence-electron chi connectivity index (χ1n) is 6.21. The third kappa shape index (κ3) is 3.26. The highest BCUT2D eigenvalue weighted by molar-refractivity contribution is 7.15. The quantitative estimate of drug-likeness (QED) is 0.573. The van der Waals surface area contributed by atoms with Gasteiger partial charge in [0, 0.05) is 9.75 Å². The minimum Gasteiger partial charge on any atom is -0.276 e. The van der Waals surface area contributed by atoms with Crippen LogP contribution in [0.15, 0.2) is 40.8 Å². The molecule has 0 aliphatic rings.